The second-order valence-corrected chi connectivity index (χ2v) is 5.00. The Balaban J connectivity index is 2.55. The Morgan fingerprint density at radius 3 is 2.65 bits per heavy atom. The topological polar surface area (TPSA) is 34.4 Å². The molecule has 0 atom stereocenters. The zero-order chi connectivity index (χ0) is 12.9. The molecular formula is C14H25NO2. The van der Waals surface area contributed by atoms with E-state index < -0.39 is 0 Å². The van der Waals surface area contributed by atoms with E-state index >= 15 is 0 Å². The summed E-state index contributed by atoms with van der Waals surface area (Å²) in [7, 11) is 0. The van der Waals surface area contributed by atoms with Crippen molar-refractivity contribution < 1.29 is 9.15 Å². The monoisotopic (exact) mass is 239 g/mol. The van der Waals surface area contributed by atoms with Crippen LogP contribution in [0, 0.1) is 6.92 Å². The van der Waals surface area contributed by atoms with Gasteiger partial charge in [-0.3, -0.25) is 0 Å². The van der Waals surface area contributed by atoms with Crippen molar-refractivity contribution in [1.82, 2.24) is 5.32 Å². The van der Waals surface area contributed by atoms with Gasteiger partial charge in [-0.2, -0.15) is 0 Å². The van der Waals surface area contributed by atoms with Crippen LogP contribution in [-0.2, 0) is 17.9 Å². The molecule has 0 fully saturated rings. The first-order valence-electron chi connectivity index (χ1n) is 6.41. The summed E-state index contributed by atoms with van der Waals surface area (Å²) >= 11 is 0. The fourth-order valence-electron chi connectivity index (χ4n) is 1.44. The highest BCUT2D eigenvalue weighted by Crippen LogP contribution is 2.20. The predicted octanol–water partition coefficient (Wildman–Crippen LogP) is 3.40. The molecule has 0 spiro atoms. The quantitative estimate of drug-likeness (QED) is 0.792. The molecule has 0 aliphatic carbocycles. The van der Waals surface area contributed by atoms with Gasteiger partial charge in [0.25, 0.3) is 0 Å². The first kappa shape index (κ1) is 14.3. The molecule has 98 valence electrons. The lowest BCUT2D eigenvalue weighted by molar-refractivity contribution is -0.0386. The molecule has 1 rings (SSSR count). The third-order valence-corrected chi connectivity index (χ3v) is 3.06. The molecule has 17 heavy (non-hydrogen) atoms. The summed E-state index contributed by atoms with van der Waals surface area (Å²) < 4.78 is 11.6. The van der Waals surface area contributed by atoms with Crippen molar-refractivity contribution in [3.63, 3.8) is 0 Å². The summed E-state index contributed by atoms with van der Waals surface area (Å²) in [6, 6.07) is 2.07. The summed E-state index contributed by atoms with van der Waals surface area (Å²) in [5.74, 6) is 1.93. The minimum Gasteiger partial charge on any atom is -0.462 e. The van der Waals surface area contributed by atoms with Gasteiger partial charge in [0.1, 0.15) is 18.1 Å². The first-order chi connectivity index (χ1) is 7.98. The third kappa shape index (κ3) is 4.52. The molecule has 0 bridgehead atoms. The maximum Gasteiger partial charge on any atom is 0.130 e. The smallest absolute Gasteiger partial charge is 0.130 e. The molecule has 0 saturated carbocycles. The molecular weight excluding hydrogens is 214 g/mol. The molecule has 0 aromatic carbocycles. The van der Waals surface area contributed by atoms with Crippen LogP contribution < -0.4 is 5.32 Å². The maximum atomic E-state index is 5.82. The van der Waals surface area contributed by atoms with Crippen molar-refractivity contribution in [3.05, 3.63) is 23.2 Å². The van der Waals surface area contributed by atoms with Crippen molar-refractivity contribution in [2.24, 2.45) is 0 Å². The highest BCUT2D eigenvalue weighted by Gasteiger charge is 2.16. The summed E-state index contributed by atoms with van der Waals surface area (Å²) in [5, 5.41) is 3.27. The van der Waals surface area contributed by atoms with Crippen LogP contribution in [-0.4, -0.2) is 12.1 Å². The second kappa shape index (κ2) is 6.22. The maximum absolute atomic E-state index is 5.82. The van der Waals surface area contributed by atoms with Crippen LogP contribution in [0.3, 0.4) is 0 Å². The fraction of sp³-hybridized carbons (Fsp3) is 0.714. The zero-order valence-corrected chi connectivity index (χ0v) is 11.7. The van der Waals surface area contributed by atoms with Gasteiger partial charge < -0.3 is 14.5 Å². The van der Waals surface area contributed by atoms with Gasteiger partial charge in [-0.25, -0.2) is 0 Å². The van der Waals surface area contributed by atoms with Crippen LogP contribution >= 0.6 is 0 Å². The van der Waals surface area contributed by atoms with Crippen molar-refractivity contribution >= 4 is 0 Å². The first-order valence-corrected chi connectivity index (χ1v) is 6.41. The van der Waals surface area contributed by atoms with E-state index in [0.29, 0.717) is 6.61 Å². The Morgan fingerprint density at radius 1 is 1.35 bits per heavy atom. The predicted molar refractivity (Wildman–Crippen MR) is 70.0 cm³/mol. The lowest BCUT2D eigenvalue weighted by Gasteiger charge is -2.22. The summed E-state index contributed by atoms with van der Waals surface area (Å²) in [4.78, 5) is 0. The van der Waals surface area contributed by atoms with Crippen molar-refractivity contribution in [2.45, 2.75) is 59.8 Å². The van der Waals surface area contributed by atoms with Gasteiger partial charge in [-0.1, -0.05) is 13.8 Å². The molecule has 0 unspecified atom stereocenters. The average molecular weight is 239 g/mol. The van der Waals surface area contributed by atoms with E-state index in [1.54, 1.807) is 0 Å². The van der Waals surface area contributed by atoms with Crippen LogP contribution in [0.15, 0.2) is 10.5 Å². The molecule has 1 aromatic rings. The summed E-state index contributed by atoms with van der Waals surface area (Å²) in [6.45, 7) is 12.8. The standard InChI is InChI=1S/C14H25NO2/c1-6-14(4,5)16-10-12-8-11(3)13(17-12)9-15-7-2/h8,15H,6-7,9-10H2,1-5H3. The molecule has 0 saturated heterocycles. The molecule has 1 aromatic heterocycles. The zero-order valence-electron chi connectivity index (χ0n) is 11.7. The van der Waals surface area contributed by atoms with E-state index in [9.17, 15) is 0 Å². The van der Waals surface area contributed by atoms with Gasteiger partial charge in [0.05, 0.1) is 12.1 Å². The number of aryl methyl sites for hydroxylation is 1. The Morgan fingerprint density at radius 2 is 2.06 bits per heavy atom. The molecule has 0 aliphatic rings. The number of rotatable bonds is 7. The van der Waals surface area contributed by atoms with E-state index in [4.69, 9.17) is 9.15 Å². The number of hydrogen-bond acceptors (Lipinski definition) is 3. The van der Waals surface area contributed by atoms with Crippen LogP contribution in [0.4, 0.5) is 0 Å². The van der Waals surface area contributed by atoms with Gasteiger partial charge in [0.15, 0.2) is 0 Å². The highest BCUT2D eigenvalue weighted by atomic mass is 16.5. The lowest BCUT2D eigenvalue weighted by Crippen LogP contribution is -2.22. The van der Waals surface area contributed by atoms with E-state index in [1.807, 2.05) is 0 Å². The molecule has 0 aliphatic heterocycles. The van der Waals surface area contributed by atoms with Gasteiger partial charge in [0, 0.05) is 0 Å². The molecule has 3 nitrogen and oxygen atoms in total. The third-order valence-electron chi connectivity index (χ3n) is 3.06. The minimum atomic E-state index is -0.0808. The molecule has 3 heteroatoms. The van der Waals surface area contributed by atoms with Crippen molar-refractivity contribution in [3.8, 4) is 0 Å². The van der Waals surface area contributed by atoms with Crippen LogP contribution in [0.1, 0.15) is 51.2 Å². The molecule has 1 N–H and O–H groups in total. The number of nitrogens with one attached hydrogen (secondary N) is 1. The summed E-state index contributed by atoms with van der Waals surface area (Å²) in [6.07, 6.45) is 0.997. The van der Waals surface area contributed by atoms with Crippen LogP contribution in [0.2, 0.25) is 0 Å². The van der Waals surface area contributed by atoms with Crippen molar-refractivity contribution in [2.75, 3.05) is 6.54 Å². The van der Waals surface area contributed by atoms with Crippen LogP contribution in [0.25, 0.3) is 0 Å². The van der Waals surface area contributed by atoms with Crippen LogP contribution in [0.5, 0.6) is 0 Å². The van der Waals surface area contributed by atoms with Gasteiger partial charge in [-0.05, 0) is 45.4 Å². The second-order valence-electron chi connectivity index (χ2n) is 5.00. The molecule has 0 radical (unpaired) electrons. The largest absolute Gasteiger partial charge is 0.462 e. The van der Waals surface area contributed by atoms with E-state index in [2.05, 4.69) is 46.0 Å². The van der Waals surface area contributed by atoms with Gasteiger partial charge in [0.2, 0.25) is 0 Å². The van der Waals surface area contributed by atoms with Gasteiger partial charge in [-0.15, -0.1) is 0 Å². The highest BCUT2D eigenvalue weighted by molar-refractivity contribution is 5.19. The van der Waals surface area contributed by atoms with E-state index in [-0.39, 0.29) is 5.60 Å². The molecule has 0 amide bonds. The Bertz CT molecular complexity index is 342. The Hall–Kier alpha value is -0.800. The normalized spacial score (nSPS) is 12.1. The SMILES string of the molecule is CCNCc1oc(COC(C)(C)CC)cc1C. The number of hydrogen-bond donors (Lipinski definition) is 1. The number of furan rings is 1. The Kier molecular flexibility index (Phi) is 5.22. The van der Waals surface area contributed by atoms with E-state index in [0.717, 1.165) is 31.0 Å². The molecule has 1 heterocycles. The van der Waals surface area contributed by atoms with E-state index in [1.165, 1.54) is 5.56 Å². The number of ether oxygens (including phenoxy) is 1. The van der Waals surface area contributed by atoms with Gasteiger partial charge >= 0.3 is 0 Å². The van der Waals surface area contributed by atoms with Crippen molar-refractivity contribution in [1.29, 1.82) is 0 Å². The summed E-state index contributed by atoms with van der Waals surface area (Å²) in [5.41, 5.74) is 1.11. The average Bonchev–Trinajstić information content (AvgIpc) is 2.65. The lowest BCUT2D eigenvalue weighted by atomic mass is 10.1. The fourth-order valence-corrected chi connectivity index (χ4v) is 1.44. The Labute approximate surface area is 105 Å². The minimum absolute atomic E-state index is 0.0808.